The Balaban J connectivity index is 0.000000967. The van der Waals surface area contributed by atoms with E-state index >= 15 is 0 Å². The Morgan fingerprint density at radius 1 is 0.806 bits per heavy atom. The predicted octanol–water partition coefficient (Wildman–Crippen LogP) is 7.01. The van der Waals surface area contributed by atoms with E-state index in [1.165, 1.54) is 6.42 Å². The molecule has 1 heterocycles. The van der Waals surface area contributed by atoms with Gasteiger partial charge in [0.25, 0.3) is 0 Å². The number of ether oxygens (including phenoxy) is 2. The summed E-state index contributed by atoms with van der Waals surface area (Å²) in [4.78, 5) is 38.3. The minimum absolute atomic E-state index is 0.0530. The van der Waals surface area contributed by atoms with E-state index in [9.17, 15) is 14.4 Å². The second kappa shape index (κ2) is 11.5. The van der Waals surface area contributed by atoms with Crippen LogP contribution < -0.4 is 4.74 Å². The topological polar surface area (TPSA) is 69.7 Å². The number of Topliss-reactive ketones (excluding diaryl/α,β-unsaturated/α-hetero) is 2. The van der Waals surface area contributed by atoms with Gasteiger partial charge in [-0.1, -0.05) is 51.5 Å². The maximum absolute atomic E-state index is 12.9. The lowest BCUT2D eigenvalue weighted by molar-refractivity contribution is -0.117. The fourth-order valence-electron chi connectivity index (χ4n) is 4.92. The van der Waals surface area contributed by atoms with E-state index in [0.29, 0.717) is 35.3 Å². The first-order valence-electron chi connectivity index (χ1n) is 13.1. The molecule has 36 heavy (non-hydrogen) atoms. The molecule has 2 aromatic rings. The van der Waals surface area contributed by atoms with Gasteiger partial charge < -0.3 is 9.47 Å². The first kappa shape index (κ1) is 25.6. The van der Waals surface area contributed by atoms with E-state index in [-0.39, 0.29) is 11.6 Å². The van der Waals surface area contributed by atoms with Crippen LogP contribution in [0.15, 0.2) is 71.2 Å². The molecule has 0 radical (unpaired) electrons. The van der Waals surface area contributed by atoms with Gasteiger partial charge in [-0.3, -0.25) is 9.59 Å². The number of benzene rings is 2. The van der Waals surface area contributed by atoms with E-state index in [4.69, 9.17) is 9.47 Å². The average molecular weight is 487 g/mol. The van der Waals surface area contributed by atoms with E-state index in [2.05, 4.69) is 20.8 Å². The van der Waals surface area contributed by atoms with Crippen molar-refractivity contribution in [1.82, 2.24) is 0 Å². The van der Waals surface area contributed by atoms with Crippen LogP contribution in [0.1, 0.15) is 93.1 Å². The van der Waals surface area contributed by atoms with Gasteiger partial charge in [0.2, 0.25) is 0 Å². The molecule has 0 saturated carbocycles. The van der Waals surface area contributed by atoms with Crippen molar-refractivity contribution in [3.05, 3.63) is 87.9 Å². The smallest absolute Gasteiger partial charge is 0.343 e. The van der Waals surface area contributed by atoms with Gasteiger partial charge in [0.15, 0.2) is 11.6 Å². The Morgan fingerprint density at radius 2 is 1.33 bits per heavy atom. The van der Waals surface area contributed by atoms with Gasteiger partial charge in [0, 0.05) is 42.7 Å². The molecular weight excluding hydrogens is 452 g/mol. The van der Waals surface area contributed by atoms with Crippen molar-refractivity contribution in [1.29, 1.82) is 0 Å². The summed E-state index contributed by atoms with van der Waals surface area (Å²) in [5.41, 5.74) is 3.73. The summed E-state index contributed by atoms with van der Waals surface area (Å²) in [5.74, 6) is 1.14. The molecule has 5 rings (SSSR count). The van der Waals surface area contributed by atoms with Crippen molar-refractivity contribution in [2.75, 3.05) is 0 Å². The minimum atomic E-state index is -0.420. The molecule has 2 aliphatic carbocycles. The van der Waals surface area contributed by atoms with Gasteiger partial charge in [0.05, 0.1) is 5.56 Å². The van der Waals surface area contributed by atoms with Gasteiger partial charge in [-0.2, -0.15) is 0 Å². The largest absolute Gasteiger partial charge is 0.465 e. The van der Waals surface area contributed by atoms with Gasteiger partial charge >= 0.3 is 5.97 Å². The first-order chi connectivity index (χ1) is 17.5. The van der Waals surface area contributed by atoms with E-state index in [0.717, 1.165) is 54.7 Å². The molecule has 2 aromatic carbocycles. The summed E-state index contributed by atoms with van der Waals surface area (Å²) in [5, 5.41) is 0. The minimum Gasteiger partial charge on any atom is -0.465 e. The number of hydrogen-bond acceptors (Lipinski definition) is 5. The number of hydrogen-bond donors (Lipinski definition) is 0. The van der Waals surface area contributed by atoms with Crippen LogP contribution in [0.2, 0.25) is 0 Å². The molecule has 0 unspecified atom stereocenters. The van der Waals surface area contributed by atoms with Gasteiger partial charge in [-0.15, -0.1) is 0 Å². The maximum atomic E-state index is 12.9. The van der Waals surface area contributed by atoms with Crippen molar-refractivity contribution >= 4 is 17.5 Å². The quantitative estimate of drug-likeness (QED) is 0.343. The van der Waals surface area contributed by atoms with Crippen LogP contribution >= 0.6 is 0 Å². The van der Waals surface area contributed by atoms with Crippen LogP contribution in [0.3, 0.4) is 0 Å². The lowest BCUT2D eigenvalue weighted by atomic mass is 9.73. The molecule has 0 bridgehead atoms. The van der Waals surface area contributed by atoms with E-state index < -0.39 is 11.9 Å². The number of rotatable bonds is 4. The zero-order valence-corrected chi connectivity index (χ0v) is 21.4. The standard InChI is InChI=1S/C28H26O5.C3H8/c1-2-17-9-11-19(12-10-17)28(31)32-20-15-13-18(14-16-20)25-26-21(29)5-3-7-23(26)33-24-8-4-6-22(30)27(24)25;1-3-2/h9-16,25H,2-8H2,1H3;3H2,1-2H3. The van der Waals surface area contributed by atoms with E-state index in [1.807, 2.05) is 24.3 Å². The predicted molar refractivity (Wildman–Crippen MR) is 139 cm³/mol. The number of esters is 1. The number of allylic oxidation sites excluding steroid dienone is 4. The van der Waals surface area contributed by atoms with Crippen LogP contribution in [0.25, 0.3) is 0 Å². The molecule has 0 saturated heterocycles. The molecule has 0 amide bonds. The van der Waals surface area contributed by atoms with Crippen molar-refractivity contribution in [3.63, 3.8) is 0 Å². The number of ketones is 2. The van der Waals surface area contributed by atoms with Crippen LogP contribution in [0, 0.1) is 0 Å². The SMILES string of the molecule is CCC.CCc1ccc(C(=O)Oc2ccc(C3C4=C(CCCC4=O)OC4=C3C(=O)CCC4)cc2)cc1. The third kappa shape index (κ3) is 5.35. The highest BCUT2D eigenvalue weighted by Crippen LogP contribution is 2.47. The molecule has 0 N–H and O–H groups in total. The normalized spacial score (nSPS) is 17.5. The van der Waals surface area contributed by atoms with Crippen molar-refractivity contribution in [2.45, 2.75) is 78.1 Å². The molecule has 0 spiro atoms. The van der Waals surface area contributed by atoms with Crippen LogP contribution in [-0.4, -0.2) is 17.5 Å². The van der Waals surface area contributed by atoms with Crippen LogP contribution in [0.4, 0.5) is 0 Å². The maximum Gasteiger partial charge on any atom is 0.343 e. The second-order valence-corrected chi connectivity index (χ2v) is 9.48. The Morgan fingerprint density at radius 3 is 1.83 bits per heavy atom. The zero-order valence-electron chi connectivity index (χ0n) is 21.4. The summed E-state index contributed by atoms with van der Waals surface area (Å²) >= 11 is 0. The molecule has 0 fully saturated rings. The molecular formula is C31H34O5. The highest BCUT2D eigenvalue weighted by atomic mass is 16.5. The Kier molecular flexibility index (Phi) is 8.19. The highest BCUT2D eigenvalue weighted by molar-refractivity contribution is 6.05. The lowest BCUT2D eigenvalue weighted by Gasteiger charge is -2.36. The molecule has 0 aromatic heterocycles. The molecule has 5 nitrogen and oxygen atoms in total. The van der Waals surface area contributed by atoms with Gasteiger partial charge in [0.1, 0.15) is 17.3 Å². The summed E-state index contributed by atoms with van der Waals surface area (Å²) in [6, 6.07) is 14.5. The summed E-state index contributed by atoms with van der Waals surface area (Å²) in [7, 11) is 0. The lowest BCUT2D eigenvalue weighted by Crippen LogP contribution is -2.30. The number of carbonyl (C=O) groups excluding carboxylic acids is 3. The third-order valence-electron chi connectivity index (χ3n) is 6.66. The molecule has 1 aliphatic heterocycles. The fourth-order valence-corrected chi connectivity index (χ4v) is 4.92. The van der Waals surface area contributed by atoms with Gasteiger partial charge in [-0.05, 0) is 54.7 Å². The molecule has 3 aliphatic rings. The first-order valence-corrected chi connectivity index (χ1v) is 13.1. The van der Waals surface area contributed by atoms with Crippen molar-refractivity contribution in [3.8, 4) is 5.75 Å². The Hall–Kier alpha value is -3.47. The van der Waals surface area contributed by atoms with Crippen molar-refractivity contribution in [2.24, 2.45) is 0 Å². The van der Waals surface area contributed by atoms with Crippen LogP contribution in [-0.2, 0) is 20.7 Å². The average Bonchev–Trinajstić information content (AvgIpc) is 2.89. The molecule has 5 heteroatoms. The summed E-state index contributed by atoms with van der Waals surface area (Å²) in [6.45, 7) is 6.31. The number of aryl methyl sites for hydroxylation is 1. The fraction of sp³-hybridized carbons (Fsp3) is 0.387. The highest BCUT2D eigenvalue weighted by Gasteiger charge is 2.41. The van der Waals surface area contributed by atoms with Crippen LogP contribution in [0.5, 0.6) is 5.75 Å². The number of carbonyl (C=O) groups is 3. The van der Waals surface area contributed by atoms with E-state index in [1.54, 1.807) is 24.3 Å². The molecule has 0 atom stereocenters. The Bertz CT molecular complexity index is 1160. The second-order valence-electron chi connectivity index (χ2n) is 9.48. The summed E-state index contributed by atoms with van der Waals surface area (Å²) in [6.07, 6.45) is 6.09. The monoisotopic (exact) mass is 486 g/mol. The zero-order chi connectivity index (χ0) is 25.7. The van der Waals surface area contributed by atoms with Gasteiger partial charge in [-0.25, -0.2) is 4.79 Å². The third-order valence-corrected chi connectivity index (χ3v) is 6.66. The molecule has 188 valence electrons. The Labute approximate surface area is 213 Å². The van der Waals surface area contributed by atoms with Crippen molar-refractivity contribution < 1.29 is 23.9 Å². The summed E-state index contributed by atoms with van der Waals surface area (Å²) < 4.78 is 11.6.